The molecule has 2 saturated heterocycles. The van der Waals surface area contributed by atoms with Gasteiger partial charge in [-0.15, -0.1) is 12.4 Å². The van der Waals surface area contributed by atoms with Crippen LogP contribution in [-0.4, -0.2) is 49.7 Å². The fraction of sp³-hybridized carbons (Fsp3) is 0.941. The molecule has 0 radical (unpaired) electrons. The normalized spacial score (nSPS) is 22.5. The minimum Gasteiger partial charge on any atom is -0.368 e. The number of rotatable bonds is 5. The summed E-state index contributed by atoms with van der Waals surface area (Å²) >= 11 is 0. The van der Waals surface area contributed by atoms with Crippen LogP contribution < -0.4 is 5.32 Å². The van der Waals surface area contributed by atoms with E-state index in [1.165, 1.54) is 12.8 Å². The second kappa shape index (κ2) is 9.09. The minimum absolute atomic E-state index is 0. The highest BCUT2D eigenvalue weighted by Crippen LogP contribution is 2.29. The predicted molar refractivity (Wildman–Crippen MR) is 92.5 cm³/mol. The molecule has 2 fully saturated rings. The lowest BCUT2D eigenvalue weighted by molar-refractivity contribution is -0.159. The van der Waals surface area contributed by atoms with Crippen molar-refractivity contribution in [2.24, 2.45) is 11.8 Å². The Morgan fingerprint density at radius 3 is 2.36 bits per heavy atom. The Balaban J connectivity index is 0.00000242. The topological polar surface area (TPSA) is 41.6 Å². The maximum atomic E-state index is 12.9. The first-order valence-corrected chi connectivity index (χ1v) is 8.62. The van der Waals surface area contributed by atoms with Crippen molar-refractivity contribution in [3.8, 4) is 0 Å². The molecule has 0 unspecified atom stereocenters. The van der Waals surface area contributed by atoms with Crippen molar-refractivity contribution in [3.05, 3.63) is 0 Å². The van der Waals surface area contributed by atoms with Crippen LogP contribution in [0.1, 0.15) is 52.4 Å². The molecular formula is C17H33ClN2O2. The Kier molecular flexibility index (Phi) is 8.15. The van der Waals surface area contributed by atoms with Crippen LogP contribution in [0.3, 0.4) is 0 Å². The van der Waals surface area contributed by atoms with Gasteiger partial charge in [-0.05, 0) is 50.6 Å². The van der Waals surface area contributed by atoms with Gasteiger partial charge in [-0.25, -0.2) is 0 Å². The zero-order valence-corrected chi connectivity index (χ0v) is 15.2. The average molecular weight is 333 g/mol. The summed E-state index contributed by atoms with van der Waals surface area (Å²) in [7, 11) is 1.69. The van der Waals surface area contributed by atoms with Gasteiger partial charge in [0.1, 0.15) is 5.60 Å². The number of hydrogen-bond acceptors (Lipinski definition) is 3. The van der Waals surface area contributed by atoms with E-state index in [1.54, 1.807) is 7.11 Å². The van der Waals surface area contributed by atoms with E-state index in [0.29, 0.717) is 0 Å². The van der Waals surface area contributed by atoms with Crippen LogP contribution in [-0.2, 0) is 9.53 Å². The molecule has 2 aliphatic rings. The van der Waals surface area contributed by atoms with Crippen molar-refractivity contribution in [1.29, 1.82) is 0 Å². The molecule has 5 heteroatoms. The minimum atomic E-state index is -0.560. The number of carbonyl (C=O) groups excluding carboxylic acids is 1. The van der Waals surface area contributed by atoms with E-state index in [9.17, 15) is 4.79 Å². The molecule has 0 aromatic rings. The summed E-state index contributed by atoms with van der Waals surface area (Å²) in [6, 6.07) is 0. The molecule has 0 bridgehead atoms. The van der Waals surface area contributed by atoms with Gasteiger partial charge in [0.25, 0.3) is 5.91 Å². The van der Waals surface area contributed by atoms with Gasteiger partial charge >= 0.3 is 0 Å². The third kappa shape index (κ3) is 4.84. The molecule has 22 heavy (non-hydrogen) atoms. The van der Waals surface area contributed by atoms with Crippen LogP contribution in [0.2, 0.25) is 0 Å². The molecule has 4 nitrogen and oxygen atoms in total. The molecule has 2 rings (SSSR count). The highest BCUT2D eigenvalue weighted by Gasteiger charge is 2.42. The zero-order valence-electron chi connectivity index (χ0n) is 14.4. The Morgan fingerprint density at radius 1 is 1.27 bits per heavy atom. The van der Waals surface area contributed by atoms with Gasteiger partial charge in [-0.3, -0.25) is 4.79 Å². The van der Waals surface area contributed by atoms with Gasteiger partial charge in [-0.1, -0.05) is 26.7 Å². The van der Waals surface area contributed by atoms with Crippen molar-refractivity contribution in [2.45, 2.75) is 58.0 Å². The summed E-state index contributed by atoms with van der Waals surface area (Å²) in [6.07, 6.45) is 6.56. The first-order valence-electron chi connectivity index (χ1n) is 8.62. The monoisotopic (exact) mass is 332 g/mol. The zero-order chi connectivity index (χ0) is 15.3. The van der Waals surface area contributed by atoms with Crippen molar-refractivity contribution in [3.63, 3.8) is 0 Å². The summed E-state index contributed by atoms with van der Waals surface area (Å²) in [6.45, 7) is 8.17. The van der Waals surface area contributed by atoms with Gasteiger partial charge in [0.05, 0.1) is 0 Å². The van der Waals surface area contributed by atoms with Gasteiger partial charge in [0.15, 0.2) is 0 Å². The number of nitrogens with zero attached hydrogens (tertiary/aromatic N) is 1. The van der Waals surface area contributed by atoms with E-state index in [-0.39, 0.29) is 18.3 Å². The largest absolute Gasteiger partial charge is 0.368 e. The fourth-order valence-electron chi connectivity index (χ4n) is 3.62. The molecule has 0 spiro atoms. The van der Waals surface area contributed by atoms with E-state index in [2.05, 4.69) is 24.1 Å². The quantitative estimate of drug-likeness (QED) is 0.841. The van der Waals surface area contributed by atoms with E-state index >= 15 is 0 Å². The Bertz CT molecular complexity index is 336. The van der Waals surface area contributed by atoms with Crippen molar-refractivity contribution >= 4 is 18.3 Å². The number of halogens is 1. The molecule has 0 atom stereocenters. The van der Waals surface area contributed by atoms with Crippen LogP contribution in [0, 0.1) is 11.8 Å². The Hall–Kier alpha value is -0.320. The van der Waals surface area contributed by atoms with E-state index in [0.717, 1.165) is 63.7 Å². The molecule has 0 aliphatic carbocycles. The molecule has 2 heterocycles. The lowest BCUT2D eigenvalue weighted by atomic mass is 9.86. The van der Waals surface area contributed by atoms with Crippen LogP contribution >= 0.6 is 12.4 Å². The third-order valence-electron chi connectivity index (χ3n) is 5.25. The summed E-state index contributed by atoms with van der Waals surface area (Å²) in [5.41, 5.74) is -0.560. The first kappa shape index (κ1) is 19.7. The van der Waals surface area contributed by atoms with E-state index in [4.69, 9.17) is 4.74 Å². The van der Waals surface area contributed by atoms with E-state index in [1.807, 2.05) is 0 Å². The van der Waals surface area contributed by atoms with Crippen molar-refractivity contribution in [1.82, 2.24) is 10.2 Å². The fourth-order valence-corrected chi connectivity index (χ4v) is 3.62. The summed E-state index contributed by atoms with van der Waals surface area (Å²) in [5.74, 6) is 1.83. The molecule has 130 valence electrons. The number of nitrogens with one attached hydrogen (secondary N) is 1. The third-order valence-corrected chi connectivity index (χ3v) is 5.25. The highest BCUT2D eigenvalue weighted by atomic mass is 35.5. The summed E-state index contributed by atoms with van der Waals surface area (Å²) in [4.78, 5) is 14.9. The summed E-state index contributed by atoms with van der Waals surface area (Å²) in [5, 5.41) is 3.32. The standard InChI is InChI=1S/C17H32N2O2.ClH/c1-14(2)4-5-15-6-12-19(13-7-15)16(20)17(21-3)8-10-18-11-9-17;/h14-15,18H,4-13H2,1-3H3;1H. The number of ether oxygens (including phenoxy) is 1. The molecule has 0 aromatic carbocycles. The molecule has 0 saturated carbocycles. The van der Waals surface area contributed by atoms with Gasteiger partial charge in [0, 0.05) is 20.2 Å². The number of likely N-dealkylation sites (tertiary alicyclic amines) is 1. The maximum Gasteiger partial charge on any atom is 0.254 e. The van der Waals surface area contributed by atoms with Crippen LogP contribution in [0.15, 0.2) is 0 Å². The van der Waals surface area contributed by atoms with Gasteiger partial charge < -0.3 is 15.0 Å². The lowest BCUT2D eigenvalue weighted by Gasteiger charge is -2.41. The molecule has 1 N–H and O–H groups in total. The SMILES string of the molecule is COC1(C(=O)N2CCC(CCC(C)C)CC2)CCNCC1.Cl. The number of methoxy groups -OCH3 is 1. The molecular weight excluding hydrogens is 300 g/mol. The summed E-state index contributed by atoms with van der Waals surface area (Å²) < 4.78 is 5.67. The second-order valence-electron chi connectivity index (χ2n) is 7.16. The lowest BCUT2D eigenvalue weighted by Crippen LogP contribution is -2.56. The molecule has 0 aromatic heterocycles. The average Bonchev–Trinajstić information content (AvgIpc) is 2.53. The Morgan fingerprint density at radius 2 is 1.86 bits per heavy atom. The number of piperidine rings is 2. The maximum absolute atomic E-state index is 12.9. The second-order valence-corrected chi connectivity index (χ2v) is 7.16. The first-order chi connectivity index (χ1) is 10.1. The molecule has 2 aliphatic heterocycles. The predicted octanol–water partition coefficient (Wildman–Crippen LogP) is 2.85. The van der Waals surface area contributed by atoms with E-state index < -0.39 is 5.60 Å². The van der Waals surface area contributed by atoms with Gasteiger partial charge in [-0.2, -0.15) is 0 Å². The van der Waals surface area contributed by atoms with Crippen LogP contribution in [0.25, 0.3) is 0 Å². The number of amides is 1. The van der Waals surface area contributed by atoms with Crippen LogP contribution in [0.4, 0.5) is 0 Å². The highest BCUT2D eigenvalue weighted by molar-refractivity contribution is 5.85. The smallest absolute Gasteiger partial charge is 0.254 e. The number of carbonyl (C=O) groups is 1. The van der Waals surface area contributed by atoms with Gasteiger partial charge in [0.2, 0.25) is 0 Å². The molecule has 1 amide bonds. The van der Waals surface area contributed by atoms with Crippen molar-refractivity contribution in [2.75, 3.05) is 33.3 Å². The van der Waals surface area contributed by atoms with Crippen LogP contribution in [0.5, 0.6) is 0 Å². The number of hydrogen-bond donors (Lipinski definition) is 1. The van der Waals surface area contributed by atoms with Crippen molar-refractivity contribution < 1.29 is 9.53 Å². The Labute approximate surface area is 141 Å².